The second kappa shape index (κ2) is 6.72. The highest BCUT2D eigenvalue weighted by atomic mass is 35.5. The Balaban J connectivity index is 2.01. The SMILES string of the molecule is CCCc1nc(Cl)c(C)c(NCC2(CCOC)CC2)n1. The molecule has 0 atom stereocenters. The maximum atomic E-state index is 6.19. The molecule has 1 fully saturated rings. The summed E-state index contributed by atoms with van der Waals surface area (Å²) in [6, 6.07) is 0. The average Bonchev–Trinajstić information content (AvgIpc) is 3.20. The van der Waals surface area contributed by atoms with E-state index in [1.54, 1.807) is 7.11 Å². The summed E-state index contributed by atoms with van der Waals surface area (Å²) in [6.07, 6.45) is 5.53. The molecule has 1 aliphatic rings. The van der Waals surface area contributed by atoms with Crippen LogP contribution in [0.5, 0.6) is 0 Å². The van der Waals surface area contributed by atoms with Crippen molar-refractivity contribution >= 4 is 17.4 Å². The number of anilines is 1. The maximum absolute atomic E-state index is 6.19. The quantitative estimate of drug-likeness (QED) is 0.745. The van der Waals surface area contributed by atoms with Gasteiger partial charge < -0.3 is 10.1 Å². The van der Waals surface area contributed by atoms with Crippen molar-refractivity contribution in [1.82, 2.24) is 9.97 Å². The number of hydrogen-bond acceptors (Lipinski definition) is 4. The van der Waals surface area contributed by atoms with Gasteiger partial charge in [-0.1, -0.05) is 18.5 Å². The molecule has 1 aromatic rings. The molecule has 1 saturated carbocycles. The zero-order valence-corrected chi connectivity index (χ0v) is 13.4. The molecule has 112 valence electrons. The highest BCUT2D eigenvalue weighted by molar-refractivity contribution is 6.30. The standard InChI is InChI=1S/C15H24ClN3O/c1-4-5-12-18-13(16)11(2)14(19-12)17-10-15(6-7-15)8-9-20-3/h4-10H2,1-3H3,(H,17,18,19). The predicted octanol–water partition coefficient (Wildman–Crippen LogP) is 3.62. The van der Waals surface area contributed by atoms with Gasteiger partial charge in [0.15, 0.2) is 0 Å². The Bertz CT molecular complexity index is 461. The molecule has 20 heavy (non-hydrogen) atoms. The van der Waals surface area contributed by atoms with E-state index in [0.717, 1.165) is 49.6 Å². The highest BCUT2D eigenvalue weighted by Crippen LogP contribution is 2.48. The molecule has 5 heteroatoms. The van der Waals surface area contributed by atoms with Crippen molar-refractivity contribution in [2.75, 3.05) is 25.6 Å². The third-order valence-corrected chi connectivity index (χ3v) is 4.40. The van der Waals surface area contributed by atoms with Crippen molar-refractivity contribution in [1.29, 1.82) is 0 Å². The molecule has 0 aromatic carbocycles. The molecule has 0 saturated heterocycles. The van der Waals surface area contributed by atoms with Crippen LogP contribution >= 0.6 is 11.6 Å². The van der Waals surface area contributed by atoms with Crippen molar-refractivity contribution in [3.05, 3.63) is 16.5 Å². The fourth-order valence-electron chi connectivity index (χ4n) is 2.32. The van der Waals surface area contributed by atoms with E-state index >= 15 is 0 Å². The minimum atomic E-state index is 0.394. The summed E-state index contributed by atoms with van der Waals surface area (Å²) in [5, 5.41) is 4.04. The van der Waals surface area contributed by atoms with E-state index in [-0.39, 0.29) is 0 Å². The van der Waals surface area contributed by atoms with Gasteiger partial charge in [-0.15, -0.1) is 0 Å². The van der Waals surface area contributed by atoms with Gasteiger partial charge in [0, 0.05) is 32.2 Å². The lowest BCUT2D eigenvalue weighted by molar-refractivity contribution is 0.175. The molecule has 1 aliphatic carbocycles. The summed E-state index contributed by atoms with van der Waals surface area (Å²) in [5.41, 5.74) is 1.33. The van der Waals surface area contributed by atoms with E-state index in [1.165, 1.54) is 12.8 Å². The van der Waals surface area contributed by atoms with E-state index in [2.05, 4.69) is 22.2 Å². The van der Waals surface area contributed by atoms with Gasteiger partial charge in [-0.2, -0.15) is 0 Å². The minimum absolute atomic E-state index is 0.394. The topological polar surface area (TPSA) is 47.0 Å². The lowest BCUT2D eigenvalue weighted by Gasteiger charge is -2.17. The third-order valence-electron chi connectivity index (χ3n) is 4.03. The maximum Gasteiger partial charge on any atom is 0.137 e. The summed E-state index contributed by atoms with van der Waals surface area (Å²) in [5.74, 6) is 1.71. The van der Waals surface area contributed by atoms with Gasteiger partial charge in [-0.25, -0.2) is 9.97 Å². The molecule has 1 aromatic heterocycles. The molecule has 0 unspecified atom stereocenters. The summed E-state index contributed by atoms with van der Waals surface area (Å²) >= 11 is 6.19. The van der Waals surface area contributed by atoms with Gasteiger partial charge in [-0.05, 0) is 38.0 Å². The van der Waals surface area contributed by atoms with Crippen LogP contribution in [0, 0.1) is 12.3 Å². The molecule has 2 rings (SSSR count). The number of methoxy groups -OCH3 is 1. The summed E-state index contributed by atoms with van der Waals surface area (Å²) in [7, 11) is 1.76. The van der Waals surface area contributed by atoms with Crippen molar-refractivity contribution in [3.63, 3.8) is 0 Å². The van der Waals surface area contributed by atoms with Crippen LogP contribution in [0.1, 0.15) is 44.0 Å². The number of nitrogens with zero attached hydrogens (tertiary/aromatic N) is 2. The Morgan fingerprint density at radius 2 is 2.10 bits per heavy atom. The summed E-state index contributed by atoms with van der Waals surface area (Å²) in [6.45, 7) is 5.85. The largest absolute Gasteiger partial charge is 0.385 e. The molecule has 0 aliphatic heterocycles. The number of nitrogens with one attached hydrogen (secondary N) is 1. The Morgan fingerprint density at radius 1 is 1.35 bits per heavy atom. The van der Waals surface area contributed by atoms with Gasteiger partial charge in [0.2, 0.25) is 0 Å². The van der Waals surface area contributed by atoms with Gasteiger partial charge in [0.25, 0.3) is 0 Å². The smallest absolute Gasteiger partial charge is 0.137 e. The molecule has 4 nitrogen and oxygen atoms in total. The Kier molecular flexibility index (Phi) is 5.22. The predicted molar refractivity (Wildman–Crippen MR) is 82.4 cm³/mol. The normalized spacial score (nSPS) is 16.2. The first-order chi connectivity index (χ1) is 9.60. The monoisotopic (exact) mass is 297 g/mol. The van der Waals surface area contributed by atoms with E-state index < -0.39 is 0 Å². The lowest BCUT2D eigenvalue weighted by atomic mass is 10.0. The number of rotatable bonds is 8. The molecule has 0 amide bonds. The molecule has 0 radical (unpaired) electrons. The Labute approximate surface area is 126 Å². The third kappa shape index (κ3) is 3.83. The first kappa shape index (κ1) is 15.5. The fraction of sp³-hybridized carbons (Fsp3) is 0.733. The van der Waals surface area contributed by atoms with Crippen LogP contribution in [0.15, 0.2) is 0 Å². The van der Waals surface area contributed by atoms with E-state index in [0.29, 0.717) is 10.6 Å². The van der Waals surface area contributed by atoms with Crippen molar-refractivity contribution < 1.29 is 4.74 Å². The number of ether oxygens (including phenoxy) is 1. The van der Waals surface area contributed by atoms with Crippen LogP contribution in [0.25, 0.3) is 0 Å². The number of hydrogen-bond donors (Lipinski definition) is 1. The van der Waals surface area contributed by atoms with Crippen LogP contribution in [-0.2, 0) is 11.2 Å². The van der Waals surface area contributed by atoms with Crippen molar-refractivity contribution in [2.24, 2.45) is 5.41 Å². The van der Waals surface area contributed by atoms with Gasteiger partial charge in [-0.3, -0.25) is 0 Å². The lowest BCUT2D eigenvalue weighted by Crippen LogP contribution is -2.19. The van der Waals surface area contributed by atoms with E-state index in [4.69, 9.17) is 16.3 Å². The highest BCUT2D eigenvalue weighted by Gasteiger charge is 2.41. The van der Waals surface area contributed by atoms with Crippen LogP contribution in [0.2, 0.25) is 5.15 Å². The minimum Gasteiger partial charge on any atom is -0.385 e. The zero-order chi connectivity index (χ0) is 14.6. The first-order valence-corrected chi connectivity index (χ1v) is 7.74. The number of halogens is 1. The van der Waals surface area contributed by atoms with Gasteiger partial charge in [0.05, 0.1) is 0 Å². The molecular weight excluding hydrogens is 274 g/mol. The second-order valence-electron chi connectivity index (χ2n) is 5.75. The fourth-order valence-corrected chi connectivity index (χ4v) is 2.51. The molecule has 0 bridgehead atoms. The zero-order valence-electron chi connectivity index (χ0n) is 12.6. The molecule has 1 heterocycles. The van der Waals surface area contributed by atoms with Crippen molar-refractivity contribution in [2.45, 2.75) is 46.0 Å². The second-order valence-corrected chi connectivity index (χ2v) is 6.11. The van der Waals surface area contributed by atoms with E-state index in [9.17, 15) is 0 Å². The van der Waals surface area contributed by atoms with Crippen LogP contribution in [-0.4, -0.2) is 30.2 Å². The number of aromatic nitrogens is 2. The van der Waals surface area contributed by atoms with E-state index in [1.807, 2.05) is 6.92 Å². The van der Waals surface area contributed by atoms with Crippen LogP contribution < -0.4 is 5.32 Å². The molecule has 0 spiro atoms. The van der Waals surface area contributed by atoms with Crippen molar-refractivity contribution in [3.8, 4) is 0 Å². The van der Waals surface area contributed by atoms with Gasteiger partial charge >= 0.3 is 0 Å². The van der Waals surface area contributed by atoms with Crippen LogP contribution in [0.3, 0.4) is 0 Å². The van der Waals surface area contributed by atoms with Gasteiger partial charge in [0.1, 0.15) is 16.8 Å². The first-order valence-electron chi connectivity index (χ1n) is 7.36. The average molecular weight is 298 g/mol. The van der Waals surface area contributed by atoms with Crippen LogP contribution in [0.4, 0.5) is 5.82 Å². The molecular formula is C15H24ClN3O. The Morgan fingerprint density at radius 3 is 2.70 bits per heavy atom. The summed E-state index contributed by atoms with van der Waals surface area (Å²) < 4.78 is 5.19. The molecule has 1 N–H and O–H groups in total. The Hall–Kier alpha value is -0.870. The summed E-state index contributed by atoms with van der Waals surface area (Å²) in [4.78, 5) is 8.92. The number of aryl methyl sites for hydroxylation is 1.